The Morgan fingerprint density at radius 3 is 2.67 bits per heavy atom. The van der Waals surface area contributed by atoms with Crippen molar-refractivity contribution in [1.82, 2.24) is 4.57 Å². The van der Waals surface area contributed by atoms with Gasteiger partial charge in [0.25, 0.3) is 0 Å². The molecule has 0 saturated carbocycles. The maximum Gasteiger partial charge on any atom is 0.152 e. The van der Waals surface area contributed by atoms with Gasteiger partial charge in [-0.05, 0) is 44.9 Å². The maximum absolute atomic E-state index is 11.4. The summed E-state index contributed by atoms with van der Waals surface area (Å²) in [5.74, 6) is 0.847. The molecule has 2 aromatic rings. The highest BCUT2D eigenvalue weighted by Crippen LogP contribution is 2.29. The van der Waals surface area contributed by atoms with E-state index in [4.69, 9.17) is 4.74 Å². The Bertz CT molecular complexity index is 628. The average molecular weight is 287 g/mol. The lowest BCUT2D eigenvalue weighted by Crippen LogP contribution is -2.10. The van der Waals surface area contributed by atoms with Crippen LogP contribution in [0.25, 0.3) is 10.9 Å². The van der Waals surface area contributed by atoms with Crippen molar-refractivity contribution < 1.29 is 9.53 Å². The summed E-state index contributed by atoms with van der Waals surface area (Å²) in [5, 5.41) is 0.997. The molecule has 0 aliphatic heterocycles. The molecule has 0 amide bonds. The molecule has 21 heavy (non-hydrogen) atoms. The Morgan fingerprint density at radius 1 is 1.29 bits per heavy atom. The van der Waals surface area contributed by atoms with Crippen LogP contribution in [0, 0.1) is 6.92 Å². The predicted octanol–water partition coefficient (Wildman–Crippen LogP) is 4.74. The SMILES string of the molecule is CCC[C@H](C)Oc1ccc2c(c1)c(C=O)c(C)n2CCC. The third-order valence-electron chi connectivity index (χ3n) is 3.94. The number of aromatic nitrogens is 1. The molecule has 114 valence electrons. The van der Waals surface area contributed by atoms with Gasteiger partial charge >= 0.3 is 0 Å². The summed E-state index contributed by atoms with van der Waals surface area (Å²) in [5.41, 5.74) is 2.94. The fourth-order valence-corrected chi connectivity index (χ4v) is 2.92. The van der Waals surface area contributed by atoms with Crippen LogP contribution in [0.5, 0.6) is 5.75 Å². The molecule has 0 bridgehead atoms. The molecule has 0 aliphatic carbocycles. The van der Waals surface area contributed by atoms with Gasteiger partial charge in [0.15, 0.2) is 6.29 Å². The highest BCUT2D eigenvalue weighted by molar-refractivity contribution is 6.00. The van der Waals surface area contributed by atoms with Gasteiger partial charge in [0.05, 0.1) is 6.10 Å². The van der Waals surface area contributed by atoms with Crippen LogP contribution in [0.2, 0.25) is 0 Å². The molecule has 0 spiro atoms. The molecule has 1 aromatic carbocycles. The Balaban J connectivity index is 2.44. The molecule has 0 aliphatic rings. The van der Waals surface area contributed by atoms with Crippen LogP contribution in [0.3, 0.4) is 0 Å². The lowest BCUT2D eigenvalue weighted by molar-refractivity contribution is 0.112. The zero-order chi connectivity index (χ0) is 15.4. The first kappa shape index (κ1) is 15.6. The van der Waals surface area contributed by atoms with E-state index in [-0.39, 0.29) is 6.10 Å². The Kier molecular flexibility index (Phi) is 5.05. The lowest BCUT2D eigenvalue weighted by atomic mass is 10.1. The number of aldehydes is 1. The average Bonchev–Trinajstić information content (AvgIpc) is 2.71. The van der Waals surface area contributed by atoms with Gasteiger partial charge in [-0.1, -0.05) is 20.3 Å². The minimum Gasteiger partial charge on any atom is -0.491 e. The lowest BCUT2D eigenvalue weighted by Gasteiger charge is -2.14. The summed E-state index contributed by atoms with van der Waals surface area (Å²) in [4.78, 5) is 11.4. The van der Waals surface area contributed by atoms with E-state index in [2.05, 4.69) is 31.4 Å². The Labute approximate surface area is 126 Å². The van der Waals surface area contributed by atoms with Gasteiger partial charge in [0, 0.05) is 28.7 Å². The van der Waals surface area contributed by atoms with E-state index in [0.29, 0.717) is 0 Å². The van der Waals surface area contributed by atoms with Gasteiger partial charge in [0.2, 0.25) is 0 Å². The number of hydrogen-bond acceptors (Lipinski definition) is 2. The van der Waals surface area contributed by atoms with Crippen molar-refractivity contribution in [3.05, 3.63) is 29.5 Å². The van der Waals surface area contributed by atoms with E-state index >= 15 is 0 Å². The van der Waals surface area contributed by atoms with E-state index in [1.165, 1.54) is 0 Å². The monoisotopic (exact) mass is 287 g/mol. The number of carbonyl (C=O) groups is 1. The van der Waals surface area contributed by atoms with E-state index in [1.54, 1.807) is 0 Å². The van der Waals surface area contributed by atoms with Crippen LogP contribution in [0.15, 0.2) is 18.2 Å². The van der Waals surface area contributed by atoms with Gasteiger partial charge in [-0.25, -0.2) is 0 Å². The summed E-state index contributed by atoms with van der Waals surface area (Å²) in [7, 11) is 0. The smallest absolute Gasteiger partial charge is 0.152 e. The number of nitrogens with zero attached hydrogens (tertiary/aromatic N) is 1. The molecule has 1 aromatic heterocycles. The molecule has 0 N–H and O–H groups in total. The first-order valence-electron chi connectivity index (χ1n) is 7.87. The summed E-state index contributed by atoms with van der Waals surface area (Å²) in [6.45, 7) is 9.33. The molecule has 0 fully saturated rings. The van der Waals surface area contributed by atoms with Gasteiger partial charge in [-0.2, -0.15) is 0 Å². The third kappa shape index (κ3) is 3.12. The second-order valence-electron chi connectivity index (χ2n) is 5.66. The summed E-state index contributed by atoms with van der Waals surface area (Å²) in [6.07, 6.45) is 4.35. The summed E-state index contributed by atoms with van der Waals surface area (Å²) in [6, 6.07) is 6.08. The van der Waals surface area contributed by atoms with Crippen LogP contribution in [0.1, 0.15) is 56.1 Å². The number of carbonyl (C=O) groups excluding carboxylic acids is 1. The first-order chi connectivity index (χ1) is 10.1. The Morgan fingerprint density at radius 2 is 2.05 bits per heavy atom. The van der Waals surface area contributed by atoms with Crippen molar-refractivity contribution in [2.45, 2.75) is 59.6 Å². The molecule has 0 unspecified atom stereocenters. The normalized spacial score (nSPS) is 12.6. The van der Waals surface area contributed by atoms with Crippen LogP contribution in [0.4, 0.5) is 0 Å². The molecule has 1 heterocycles. The molecule has 0 saturated heterocycles. The zero-order valence-electron chi connectivity index (χ0n) is 13.5. The van der Waals surface area contributed by atoms with Crippen molar-refractivity contribution in [2.24, 2.45) is 0 Å². The van der Waals surface area contributed by atoms with Crippen LogP contribution >= 0.6 is 0 Å². The fourth-order valence-electron chi connectivity index (χ4n) is 2.92. The topological polar surface area (TPSA) is 31.2 Å². The summed E-state index contributed by atoms with van der Waals surface area (Å²) < 4.78 is 8.17. The number of rotatable bonds is 7. The second kappa shape index (κ2) is 6.79. The minimum absolute atomic E-state index is 0.200. The molecule has 0 radical (unpaired) electrons. The number of ether oxygens (including phenoxy) is 1. The molecule has 3 nitrogen and oxygen atoms in total. The van der Waals surface area contributed by atoms with Crippen molar-refractivity contribution >= 4 is 17.2 Å². The van der Waals surface area contributed by atoms with Crippen LogP contribution < -0.4 is 4.74 Å². The summed E-state index contributed by atoms with van der Waals surface area (Å²) >= 11 is 0. The number of hydrogen-bond donors (Lipinski definition) is 0. The highest BCUT2D eigenvalue weighted by atomic mass is 16.5. The number of benzene rings is 1. The zero-order valence-corrected chi connectivity index (χ0v) is 13.5. The van der Waals surface area contributed by atoms with Crippen molar-refractivity contribution in [3.8, 4) is 5.75 Å². The number of fused-ring (bicyclic) bond motifs is 1. The Hall–Kier alpha value is -1.77. The largest absolute Gasteiger partial charge is 0.491 e. The van der Waals surface area contributed by atoms with Gasteiger partial charge in [-0.15, -0.1) is 0 Å². The van der Waals surface area contributed by atoms with E-state index < -0.39 is 0 Å². The number of aryl methyl sites for hydroxylation is 1. The van der Waals surface area contributed by atoms with Crippen LogP contribution in [-0.4, -0.2) is 17.0 Å². The predicted molar refractivity (Wildman–Crippen MR) is 87.4 cm³/mol. The van der Waals surface area contributed by atoms with Crippen LogP contribution in [-0.2, 0) is 6.54 Å². The van der Waals surface area contributed by atoms with Gasteiger partial charge in [0.1, 0.15) is 5.75 Å². The molecule has 3 heteroatoms. The molecular weight excluding hydrogens is 262 g/mol. The van der Waals surface area contributed by atoms with Gasteiger partial charge < -0.3 is 9.30 Å². The van der Waals surface area contributed by atoms with Gasteiger partial charge in [-0.3, -0.25) is 4.79 Å². The second-order valence-corrected chi connectivity index (χ2v) is 5.66. The standard InChI is InChI=1S/C18H25NO2/c1-5-7-13(3)21-15-8-9-18-16(11-15)17(12-20)14(4)19(18)10-6-2/h8-9,11-13H,5-7,10H2,1-4H3/t13-/m0/s1. The quantitative estimate of drug-likeness (QED) is 0.689. The molecule has 1 atom stereocenters. The van der Waals surface area contributed by atoms with Crippen molar-refractivity contribution in [3.63, 3.8) is 0 Å². The molecular formula is C18H25NO2. The maximum atomic E-state index is 11.4. The third-order valence-corrected chi connectivity index (χ3v) is 3.94. The molecule has 2 rings (SSSR count). The van der Waals surface area contributed by atoms with E-state index in [1.807, 2.05) is 19.1 Å². The van der Waals surface area contributed by atoms with E-state index in [0.717, 1.165) is 60.0 Å². The minimum atomic E-state index is 0.200. The first-order valence-corrected chi connectivity index (χ1v) is 7.87. The fraction of sp³-hybridized carbons (Fsp3) is 0.500. The van der Waals surface area contributed by atoms with E-state index in [9.17, 15) is 4.79 Å². The van der Waals surface area contributed by atoms with Crippen molar-refractivity contribution in [2.75, 3.05) is 0 Å². The highest BCUT2D eigenvalue weighted by Gasteiger charge is 2.14. The van der Waals surface area contributed by atoms with Crippen molar-refractivity contribution in [1.29, 1.82) is 0 Å².